The zero-order chi connectivity index (χ0) is 13.2. The molecule has 3 rings (SSSR count). The Morgan fingerprint density at radius 3 is 2.58 bits per heavy atom. The summed E-state index contributed by atoms with van der Waals surface area (Å²) in [6.45, 7) is 4.74. The second-order valence-electron chi connectivity index (χ2n) is 6.13. The van der Waals surface area contributed by atoms with Crippen molar-refractivity contribution in [3.63, 3.8) is 0 Å². The van der Waals surface area contributed by atoms with Crippen LogP contribution in [0.15, 0.2) is 36.5 Å². The van der Waals surface area contributed by atoms with Crippen molar-refractivity contribution in [1.82, 2.24) is 4.98 Å². The molecular formula is C17H22N2. The van der Waals surface area contributed by atoms with E-state index >= 15 is 0 Å². The van der Waals surface area contributed by atoms with Gasteiger partial charge < -0.3 is 5.32 Å². The molecule has 1 fully saturated rings. The molecule has 1 N–H and O–H groups in total. The molecule has 2 unspecified atom stereocenters. The minimum absolute atomic E-state index is 0.601. The number of anilines is 1. The van der Waals surface area contributed by atoms with E-state index in [1.54, 1.807) is 0 Å². The van der Waals surface area contributed by atoms with Crippen molar-refractivity contribution < 1.29 is 0 Å². The van der Waals surface area contributed by atoms with E-state index in [1.807, 2.05) is 12.3 Å². The van der Waals surface area contributed by atoms with Crippen LogP contribution in [0.3, 0.4) is 0 Å². The molecule has 0 bridgehead atoms. The van der Waals surface area contributed by atoms with Gasteiger partial charge in [0.05, 0.1) is 5.52 Å². The molecule has 0 aliphatic heterocycles. The number of hydrogen-bond acceptors (Lipinski definition) is 2. The van der Waals surface area contributed by atoms with Gasteiger partial charge in [0.25, 0.3) is 0 Å². The van der Waals surface area contributed by atoms with E-state index in [0.717, 1.165) is 17.4 Å². The van der Waals surface area contributed by atoms with Crippen LogP contribution in [0.1, 0.15) is 33.1 Å². The molecule has 0 saturated heterocycles. The third-order valence-corrected chi connectivity index (χ3v) is 4.18. The zero-order valence-corrected chi connectivity index (χ0v) is 11.8. The van der Waals surface area contributed by atoms with Gasteiger partial charge in [0.1, 0.15) is 0 Å². The maximum atomic E-state index is 4.42. The molecule has 0 amide bonds. The van der Waals surface area contributed by atoms with Crippen LogP contribution >= 0.6 is 0 Å². The number of nitrogens with zero attached hydrogens (tertiary/aromatic N) is 1. The molecule has 1 aliphatic carbocycles. The van der Waals surface area contributed by atoms with Crippen LogP contribution in [-0.2, 0) is 0 Å². The van der Waals surface area contributed by atoms with Crippen molar-refractivity contribution in [2.75, 3.05) is 5.32 Å². The van der Waals surface area contributed by atoms with E-state index in [2.05, 4.69) is 48.4 Å². The van der Waals surface area contributed by atoms with Gasteiger partial charge >= 0.3 is 0 Å². The van der Waals surface area contributed by atoms with Crippen molar-refractivity contribution in [2.45, 2.75) is 39.2 Å². The van der Waals surface area contributed by atoms with E-state index in [4.69, 9.17) is 0 Å². The Balaban J connectivity index is 1.85. The van der Waals surface area contributed by atoms with Crippen LogP contribution in [0.5, 0.6) is 0 Å². The van der Waals surface area contributed by atoms with E-state index in [0.29, 0.717) is 6.04 Å². The van der Waals surface area contributed by atoms with Crippen LogP contribution < -0.4 is 5.32 Å². The van der Waals surface area contributed by atoms with E-state index in [1.165, 1.54) is 30.3 Å². The van der Waals surface area contributed by atoms with Crippen molar-refractivity contribution in [3.05, 3.63) is 36.5 Å². The molecule has 1 aromatic heterocycles. The first kappa shape index (κ1) is 12.5. The maximum absolute atomic E-state index is 4.42. The summed E-state index contributed by atoms with van der Waals surface area (Å²) >= 11 is 0. The minimum atomic E-state index is 0.601. The molecule has 1 aliphatic rings. The summed E-state index contributed by atoms with van der Waals surface area (Å²) in [6.07, 6.45) is 5.79. The molecule has 1 heterocycles. The summed E-state index contributed by atoms with van der Waals surface area (Å²) in [5, 5.41) is 4.98. The predicted octanol–water partition coefficient (Wildman–Crippen LogP) is 4.47. The van der Waals surface area contributed by atoms with Crippen LogP contribution in [0.2, 0.25) is 0 Å². The molecule has 2 nitrogen and oxygen atoms in total. The quantitative estimate of drug-likeness (QED) is 0.855. The van der Waals surface area contributed by atoms with Crippen molar-refractivity contribution in [1.29, 1.82) is 0 Å². The Morgan fingerprint density at radius 2 is 1.79 bits per heavy atom. The fourth-order valence-electron chi connectivity index (χ4n) is 3.51. The molecule has 1 aromatic carbocycles. The van der Waals surface area contributed by atoms with Crippen molar-refractivity contribution in [2.24, 2.45) is 11.8 Å². The summed E-state index contributed by atoms with van der Waals surface area (Å²) in [4.78, 5) is 4.42. The summed E-state index contributed by atoms with van der Waals surface area (Å²) in [5.41, 5.74) is 2.31. The second kappa shape index (κ2) is 5.20. The third kappa shape index (κ3) is 2.73. The zero-order valence-electron chi connectivity index (χ0n) is 11.8. The first-order valence-corrected chi connectivity index (χ1v) is 7.32. The lowest BCUT2D eigenvalue weighted by Crippen LogP contribution is -2.30. The number of rotatable bonds is 2. The lowest BCUT2D eigenvalue weighted by Gasteiger charge is -2.32. The second-order valence-corrected chi connectivity index (χ2v) is 6.13. The average molecular weight is 254 g/mol. The highest BCUT2D eigenvalue weighted by Gasteiger charge is 2.23. The number of hydrogen-bond donors (Lipinski definition) is 1. The molecule has 0 spiro atoms. The lowest BCUT2D eigenvalue weighted by molar-refractivity contribution is 0.281. The molecule has 2 aromatic rings. The smallest absolute Gasteiger partial charge is 0.0722 e. The van der Waals surface area contributed by atoms with Gasteiger partial charge in [-0.2, -0.15) is 0 Å². The van der Waals surface area contributed by atoms with Crippen LogP contribution in [-0.4, -0.2) is 11.0 Å². The SMILES string of the molecule is CC1CC(C)CC(Nc2cccc3ncccc23)C1. The first-order chi connectivity index (χ1) is 9.22. The Morgan fingerprint density at radius 1 is 1.00 bits per heavy atom. The molecular weight excluding hydrogens is 232 g/mol. The summed E-state index contributed by atoms with van der Waals surface area (Å²) in [6, 6.07) is 11.1. The van der Waals surface area contributed by atoms with Gasteiger partial charge in [-0.15, -0.1) is 0 Å². The van der Waals surface area contributed by atoms with E-state index in [9.17, 15) is 0 Å². The summed E-state index contributed by atoms with van der Waals surface area (Å²) in [5.74, 6) is 1.66. The fraction of sp³-hybridized carbons (Fsp3) is 0.471. The maximum Gasteiger partial charge on any atom is 0.0722 e. The summed E-state index contributed by atoms with van der Waals surface area (Å²) in [7, 11) is 0. The first-order valence-electron chi connectivity index (χ1n) is 7.32. The Kier molecular flexibility index (Phi) is 3.41. The fourth-order valence-corrected chi connectivity index (χ4v) is 3.51. The summed E-state index contributed by atoms with van der Waals surface area (Å²) < 4.78 is 0. The Labute approximate surface area is 115 Å². The van der Waals surface area contributed by atoms with Crippen molar-refractivity contribution >= 4 is 16.6 Å². The molecule has 19 heavy (non-hydrogen) atoms. The van der Waals surface area contributed by atoms with Gasteiger partial charge in [0, 0.05) is 23.3 Å². The topological polar surface area (TPSA) is 24.9 Å². The van der Waals surface area contributed by atoms with Crippen molar-refractivity contribution in [3.8, 4) is 0 Å². The highest BCUT2D eigenvalue weighted by Crippen LogP contribution is 2.32. The number of aromatic nitrogens is 1. The Bertz CT molecular complexity index is 549. The standard InChI is InChI=1S/C17H22N2/c1-12-9-13(2)11-14(10-12)19-17-7-3-6-16-15(17)5-4-8-18-16/h3-8,12-14,19H,9-11H2,1-2H3. The average Bonchev–Trinajstić information content (AvgIpc) is 2.38. The lowest BCUT2D eigenvalue weighted by atomic mass is 9.80. The number of nitrogens with one attached hydrogen (secondary N) is 1. The van der Waals surface area contributed by atoms with Gasteiger partial charge in [-0.25, -0.2) is 0 Å². The highest BCUT2D eigenvalue weighted by atomic mass is 14.9. The normalized spacial score (nSPS) is 27.4. The van der Waals surface area contributed by atoms with Gasteiger partial charge in [0.15, 0.2) is 0 Å². The third-order valence-electron chi connectivity index (χ3n) is 4.18. The van der Waals surface area contributed by atoms with Crippen LogP contribution in [0, 0.1) is 11.8 Å². The van der Waals surface area contributed by atoms with Crippen LogP contribution in [0.25, 0.3) is 10.9 Å². The molecule has 100 valence electrons. The predicted molar refractivity (Wildman–Crippen MR) is 81.3 cm³/mol. The molecule has 2 heteroatoms. The van der Waals surface area contributed by atoms with Gasteiger partial charge in [-0.3, -0.25) is 4.98 Å². The minimum Gasteiger partial charge on any atom is -0.382 e. The number of fused-ring (bicyclic) bond motifs is 1. The van der Waals surface area contributed by atoms with E-state index in [-0.39, 0.29) is 0 Å². The van der Waals surface area contributed by atoms with Gasteiger partial charge in [-0.1, -0.05) is 19.9 Å². The molecule has 0 radical (unpaired) electrons. The molecule has 2 atom stereocenters. The Hall–Kier alpha value is -1.57. The van der Waals surface area contributed by atoms with E-state index < -0.39 is 0 Å². The largest absolute Gasteiger partial charge is 0.382 e. The van der Waals surface area contributed by atoms with Gasteiger partial charge in [-0.05, 0) is 55.4 Å². The number of pyridine rings is 1. The molecule has 1 saturated carbocycles. The monoisotopic (exact) mass is 254 g/mol. The van der Waals surface area contributed by atoms with Gasteiger partial charge in [0.2, 0.25) is 0 Å². The van der Waals surface area contributed by atoms with Crippen LogP contribution in [0.4, 0.5) is 5.69 Å². The highest BCUT2D eigenvalue weighted by molar-refractivity contribution is 5.91. The number of benzene rings is 1.